The zero-order chi connectivity index (χ0) is 19.7. The van der Waals surface area contributed by atoms with Crippen molar-refractivity contribution >= 4 is 11.5 Å². The van der Waals surface area contributed by atoms with Crippen LogP contribution >= 0.6 is 0 Å². The zero-order valence-corrected chi connectivity index (χ0v) is 15.2. The van der Waals surface area contributed by atoms with Gasteiger partial charge in [-0.2, -0.15) is 0 Å². The summed E-state index contributed by atoms with van der Waals surface area (Å²) in [6.45, 7) is 3.81. The largest absolute Gasteiger partial charge is 0.508 e. The molecule has 1 aliphatic heterocycles. The van der Waals surface area contributed by atoms with E-state index < -0.39 is 23.7 Å². The van der Waals surface area contributed by atoms with Crippen molar-refractivity contribution in [1.29, 1.82) is 0 Å². The number of rotatable bonds is 4. The van der Waals surface area contributed by atoms with Crippen LogP contribution in [0.4, 0.5) is 8.78 Å². The van der Waals surface area contributed by atoms with Crippen LogP contribution in [0.25, 0.3) is 5.57 Å². The summed E-state index contributed by atoms with van der Waals surface area (Å²) >= 11 is 0. The molecule has 142 valence electrons. The summed E-state index contributed by atoms with van der Waals surface area (Å²) in [6.07, 6.45) is 1.72. The third-order valence-electron chi connectivity index (χ3n) is 4.81. The van der Waals surface area contributed by atoms with E-state index in [9.17, 15) is 18.7 Å². The Morgan fingerprint density at radius 1 is 1.22 bits per heavy atom. The van der Waals surface area contributed by atoms with Crippen molar-refractivity contribution in [1.82, 2.24) is 4.90 Å². The number of nitrogens with zero attached hydrogens (tertiary/aromatic N) is 1. The Morgan fingerprint density at radius 3 is 2.63 bits per heavy atom. The van der Waals surface area contributed by atoms with Gasteiger partial charge in [0.2, 0.25) is 5.91 Å². The maximum atomic E-state index is 14.3. The summed E-state index contributed by atoms with van der Waals surface area (Å²) in [4.78, 5) is 14.5. The van der Waals surface area contributed by atoms with Gasteiger partial charge in [-0.15, -0.1) is 0 Å². The number of benzene rings is 2. The highest BCUT2D eigenvalue weighted by atomic mass is 19.1. The van der Waals surface area contributed by atoms with Crippen molar-refractivity contribution in [2.45, 2.75) is 25.9 Å². The van der Waals surface area contributed by atoms with Gasteiger partial charge in [0, 0.05) is 12.1 Å². The summed E-state index contributed by atoms with van der Waals surface area (Å²) in [7, 11) is 0. The zero-order valence-electron chi connectivity index (χ0n) is 15.2. The Bertz CT molecular complexity index is 896. The number of phenols is 1. The van der Waals surface area contributed by atoms with Crippen LogP contribution in [0.3, 0.4) is 0 Å². The molecule has 3 rings (SSSR count). The molecule has 0 saturated heterocycles. The Hall–Kier alpha value is -2.73. The van der Waals surface area contributed by atoms with E-state index in [4.69, 9.17) is 5.73 Å². The molecule has 0 bridgehead atoms. The topological polar surface area (TPSA) is 66.6 Å². The SMILES string of the molecule is CC(C)[C@@H](N)C(=O)N1CC(c2cc(F)ccc2F)=CC1c1cccc(O)c1. The number of carbonyl (C=O) groups excluding carboxylic acids is 1. The molecule has 0 spiro atoms. The predicted molar refractivity (Wildman–Crippen MR) is 99.7 cm³/mol. The molecule has 0 radical (unpaired) electrons. The van der Waals surface area contributed by atoms with Crippen molar-refractivity contribution in [3.8, 4) is 5.75 Å². The van der Waals surface area contributed by atoms with E-state index >= 15 is 0 Å². The minimum Gasteiger partial charge on any atom is -0.508 e. The van der Waals surface area contributed by atoms with E-state index in [-0.39, 0.29) is 29.7 Å². The lowest BCUT2D eigenvalue weighted by Gasteiger charge is -2.29. The molecule has 1 heterocycles. The van der Waals surface area contributed by atoms with E-state index in [1.807, 2.05) is 13.8 Å². The van der Waals surface area contributed by atoms with E-state index in [2.05, 4.69) is 0 Å². The molecule has 2 atom stereocenters. The number of aromatic hydroxyl groups is 1. The second kappa shape index (κ2) is 7.48. The number of hydrogen-bond donors (Lipinski definition) is 2. The third-order valence-corrected chi connectivity index (χ3v) is 4.81. The molecule has 0 saturated carbocycles. The van der Waals surface area contributed by atoms with Crippen molar-refractivity contribution in [2.75, 3.05) is 6.54 Å². The smallest absolute Gasteiger partial charge is 0.240 e. The first-order valence-electron chi connectivity index (χ1n) is 8.79. The molecule has 6 heteroatoms. The van der Waals surface area contributed by atoms with Crippen molar-refractivity contribution < 1.29 is 18.7 Å². The highest BCUT2D eigenvalue weighted by Crippen LogP contribution is 2.37. The van der Waals surface area contributed by atoms with E-state index in [0.29, 0.717) is 11.1 Å². The first kappa shape index (κ1) is 19.0. The lowest BCUT2D eigenvalue weighted by molar-refractivity contribution is -0.134. The molecule has 1 aliphatic rings. The van der Waals surface area contributed by atoms with Gasteiger partial charge < -0.3 is 15.7 Å². The summed E-state index contributed by atoms with van der Waals surface area (Å²) in [5, 5.41) is 9.80. The molecule has 1 unspecified atom stereocenters. The molecule has 2 aromatic rings. The van der Waals surface area contributed by atoms with Gasteiger partial charge in [-0.05, 0) is 47.4 Å². The minimum absolute atomic E-state index is 0.0619. The van der Waals surface area contributed by atoms with E-state index in [1.165, 1.54) is 6.07 Å². The predicted octanol–water partition coefficient (Wildman–Crippen LogP) is 3.62. The van der Waals surface area contributed by atoms with Gasteiger partial charge >= 0.3 is 0 Å². The van der Waals surface area contributed by atoms with Crippen LogP contribution < -0.4 is 5.73 Å². The van der Waals surface area contributed by atoms with Crippen LogP contribution in [0, 0.1) is 17.6 Å². The Balaban J connectivity index is 2.04. The fraction of sp³-hybridized carbons (Fsp3) is 0.286. The van der Waals surface area contributed by atoms with Crippen LogP contribution in [-0.4, -0.2) is 28.5 Å². The average Bonchev–Trinajstić information content (AvgIpc) is 3.07. The van der Waals surface area contributed by atoms with Crippen LogP contribution in [-0.2, 0) is 4.79 Å². The van der Waals surface area contributed by atoms with Crippen molar-refractivity contribution in [2.24, 2.45) is 11.7 Å². The lowest BCUT2D eigenvalue weighted by Crippen LogP contribution is -2.46. The van der Waals surface area contributed by atoms with E-state index in [1.54, 1.807) is 29.2 Å². The minimum atomic E-state index is -0.713. The van der Waals surface area contributed by atoms with Gasteiger partial charge in [-0.25, -0.2) is 8.78 Å². The van der Waals surface area contributed by atoms with Gasteiger partial charge in [-0.3, -0.25) is 4.79 Å². The quantitative estimate of drug-likeness (QED) is 0.861. The first-order chi connectivity index (χ1) is 12.8. The molecule has 0 aromatic heterocycles. The lowest BCUT2D eigenvalue weighted by atomic mass is 10.0. The van der Waals surface area contributed by atoms with E-state index in [0.717, 1.165) is 18.2 Å². The van der Waals surface area contributed by atoms with Crippen LogP contribution in [0.15, 0.2) is 48.5 Å². The fourth-order valence-electron chi connectivity index (χ4n) is 3.21. The number of nitrogens with two attached hydrogens (primary N) is 1. The van der Waals surface area contributed by atoms with Crippen LogP contribution in [0.2, 0.25) is 0 Å². The standard InChI is InChI=1S/C21H22F2N2O2/c1-12(2)20(24)21(27)25-11-14(17-10-15(22)6-7-18(17)23)9-19(25)13-4-3-5-16(26)8-13/h3-10,12,19-20,26H,11,24H2,1-2H3/t19?,20-/m1/s1. The molecular formula is C21H22F2N2O2. The molecule has 2 aromatic carbocycles. The molecule has 27 heavy (non-hydrogen) atoms. The summed E-state index contributed by atoms with van der Waals surface area (Å²) in [5.74, 6) is -1.39. The highest BCUT2D eigenvalue weighted by Gasteiger charge is 2.35. The fourth-order valence-corrected chi connectivity index (χ4v) is 3.21. The van der Waals surface area contributed by atoms with Gasteiger partial charge in [0.05, 0.1) is 12.1 Å². The van der Waals surface area contributed by atoms with Gasteiger partial charge in [0.25, 0.3) is 0 Å². The second-order valence-corrected chi connectivity index (χ2v) is 7.09. The number of carbonyl (C=O) groups is 1. The van der Waals surface area contributed by atoms with Gasteiger partial charge in [0.1, 0.15) is 17.4 Å². The van der Waals surface area contributed by atoms with Gasteiger partial charge in [0.15, 0.2) is 0 Å². The molecule has 0 fully saturated rings. The van der Waals surface area contributed by atoms with Crippen molar-refractivity contribution in [3.05, 3.63) is 71.3 Å². The molecule has 0 aliphatic carbocycles. The Kier molecular flexibility index (Phi) is 5.28. The Labute approximate surface area is 156 Å². The maximum absolute atomic E-state index is 14.3. The first-order valence-corrected chi connectivity index (χ1v) is 8.79. The summed E-state index contributed by atoms with van der Waals surface area (Å²) in [6, 6.07) is 8.53. The number of hydrogen-bond acceptors (Lipinski definition) is 3. The molecule has 4 nitrogen and oxygen atoms in total. The molecule has 3 N–H and O–H groups in total. The summed E-state index contributed by atoms with van der Waals surface area (Å²) < 4.78 is 27.9. The molecule has 1 amide bonds. The monoisotopic (exact) mass is 372 g/mol. The number of amides is 1. The van der Waals surface area contributed by atoms with Crippen molar-refractivity contribution in [3.63, 3.8) is 0 Å². The number of phenolic OH excluding ortho intramolecular Hbond substituents is 1. The number of halogens is 2. The second-order valence-electron chi connectivity index (χ2n) is 7.09. The summed E-state index contributed by atoms with van der Waals surface area (Å²) in [5.41, 5.74) is 7.35. The highest BCUT2D eigenvalue weighted by molar-refractivity contribution is 5.87. The average molecular weight is 372 g/mol. The Morgan fingerprint density at radius 2 is 1.96 bits per heavy atom. The van der Waals surface area contributed by atoms with Crippen LogP contribution in [0.5, 0.6) is 5.75 Å². The normalized spacial score (nSPS) is 17.9. The van der Waals surface area contributed by atoms with Gasteiger partial charge in [-0.1, -0.05) is 32.1 Å². The third kappa shape index (κ3) is 3.85. The molecular weight excluding hydrogens is 350 g/mol. The maximum Gasteiger partial charge on any atom is 0.240 e. The van der Waals surface area contributed by atoms with Crippen LogP contribution in [0.1, 0.15) is 31.0 Å².